The van der Waals surface area contributed by atoms with E-state index in [-0.39, 0.29) is 5.56 Å². The molecule has 0 radical (unpaired) electrons. The highest BCUT2D eigenvalue weighted by Crippen LogP contribution is 2.36. The number of aryl methyl sites for hydroxylation is 1. The molecule has 0 aliphatic carbocycles. The first-order valence-electron chi connectivity index (χ1n) is 21.2. The number of halogens is 3. The van der Waals surface area contributed by atoms with Gasteiger partial charge in [0.15, 0.2) is 0 Å². The molecule has 1 aromatic heterocycles. The molecule has 320 valence electrons. The first-order chi connectivity index (χ1) is 30.2. The van der Waals surface area contributed by atoms with Crippen LogP contribution in [0.15, 0.2) is 177 Å². The minimum Gasteiger partial charge on any atom is -0.207 e. The van der Waals surface area contributed by atoms with Crippen molar-refractivity contribution in [3.05, 3.63) is 237 Å². The molecule has 0 unspecified atom stereocenters. The zero-order valence-corrected chi connectivity index (χ0v) is 38.3. The quantitative estimate of drug-likeness (QED) is 0.0771. The molecule has 0 atom stereocenters. The molecule has 0 saturated heterocycles. The van der Waals surface area contributed by atoms with Gasteiger partial charge in [-0.3, -0.25) is 0 Å². The Kier molecular flexibility index (Phi) is 16.6. The summed E-state index contributed by atoms with van der Waals surface area (Å²) in [7, 11) is 0. The number of allylic oxidation sites excluding steroid dienone is 14. The van der Waals surface area contributed by atoms with Gasteiger partial charge in [-0.1, -0.05) is 137 Å². The van der Waals surface area contributed by atoms with Gasteiger partial charge in [0.2, 0.25) is 0 Å². The standard InChI is InChI=1S/C59H57F3S/c1-12-20-45-23-18-19-24-53(45)42(11)41(10)29-39(8)40(9)30-44(16-5)48-32-50(36-52(61)34-48)54-26-25-46(37-57(54)62)49-31-47(33-51(60)35-49)43(15-4)27-38(7)28-56-55(21-13-2)58(17-6)63-59(56)22-14-3/h13-19,21-27,29-37H,4-7,9,12,20,28H2,1-3,8,10-11H3/b21-13-,22-14-,39-29+,42-41+,43-27+,44-30+. The Balaban J connectivity index is 1.42. The largest absolute Gasteiger partial charge is 0.207 e. The molecule has 0 N–H and O–H groups in total. The Morgan fingerprint density at radius 3 is 1.94 bits per heavy atom. The summed E-state index contributed by atoms with van der Waals surface area (Å²) in [5, 5.41) is 0. The van der Waals surface area contributed by atoms with Crippen LogP contribution in [0.4, 0.5) is 13.2 Å². The molecule has 5 aromatic rings. The van der Waals surface area contributed by atoms with Crippen molar-refractivity contribution >= 4 is 46.3 Å². The second kappa shape index (κ2) is 22.0. The molecule has 4 aromatic carbocycles. The molecule has 0 spiro atoms. The monoisotopic (exact) mass is 854 g/mol. The molecule has 5 rings (SSSR count). The molecular weight excluding hydrogens is 798 g/mol. The Morgan fingerprint density at radius 2 is 1.32 bits per heavy atom. The van der Waals surface area contributed by atoms with Gasteiger partial charge >= 0.3 is 0 Å². The lowest BCUT2D eigenvalue weighted by atomic mass is 9.92. The zero-order chi connectivity index (χ0) is 45.8. The van der Waals surface area contributed by atoms with Gasteiger partial charge in [-0.25, -0.2) is 13.2 Å². The molecule has 0 bridgehead atoms. The molecule has 63 heavy (non-hydrogen) atoms. The van der Waals surface area contributed by atoms with Crippen LogP contribution < -0.4 is 0 Å². The van der Waals surface area contributed by atoms with Crippen molar-refractivity contribution in [1.82, 2.24) is 0 Å². The molecule has 0 fully saturated rings. The van der Waals surface area contributed by atoms with Gasteiger partial charge < -0.3 is 0 Å². The minimum atomic E-state index is -0.572. The lowest BCUT2D eigenvalue weighted by Gasteiger charge is -2.13. The second-order valence-corrected chi connectivity index (χ2v) is 16.7. The van der Waals surface area contributed by atoms with Crippen LogP contribution in [0.25, 0.3) is 57.2 Å². The van der Waals surface area contributed by atoms with Gasteiger partial charge in [0.1, 0.15) is 17.5 Å². The van der Waals surface area contributed by atoms with Crippen LogP contribution in [0.2, 0.25) is 0 Å². The first-order valence-corrected chi connectivity index (χ1v) is 22.0. The first kappa shape index (κ1) is 47.6. The average Bonchev–Trinajstić information content (AvgIpc) is 3.58. The summed E-state index contributed by atoms with van der Waals surface area (Å²) in [4.78, 5) is 2.21. The molecule has 0 saturated carbocycles. The fourth-order valence-electron chi connectivity index (χ4n) is 7.68. The number of thiophene rings is 1. The van der Waals surface area contributed by atoms with Crippen LogP contribution in [-0.2, 0) is 12.8 Å². The van der Waals surface area contributed by atoms with Crippen molar-refractivity contribution in [2.45, 2.75) is 60.8 Å². The fraction of sp³-hybridized carbons (Fsp3) is 0.153. The predicted octanol–water partition coefficient (Wildman–Crippen LogP) is 18.1. The number of benzene rings is 4. The summed E-state index contributed by atoms with van der Waals surface area (Å²) in [6.45, 7) is 33.1. The van der Waals surface area contributed by atoms with E-state index in [1.54, 1.807) is 41.7 Å². The van der Waals surface area contributed by atoms with Crippen LogP contribution in [-0.4, -0.2) is 0 Å². The molecule has 0 amide bonds. The van der Waals surface area contributed by atoms with E-state index in [1.165, 1.54) is 47.0 Å². The van der Waals surface area contributed by atoms with E-state index in [1.807, 2.05) is 57.2 Å². The Bertz CT molecular complexity index is 2770. The SMILES string of the molecule is C=C/C(=C\C(=C)Cc1c(/C=C\C)sc(C=C)c1/C=C\C)c1cc(F)cc(-c2ccc(-c3cc(F)cc(/C(C=C)=C/C(=C)/C(C)=C/C(C)=C(\C)c4ccccc4CCC)c3)c(F)c2)c1. The zero-order valence-electron chi connectivity index (χ0n) is 37.5. The maximum absolute atomic E-state index is 16.1. The predicted molar refractivity (Wildman–Crippen MR) is 272 cm³/mol. The van der Waals surface area contributed by atoms with E-state index in [9.17, 15) is 0 Å². The number of hydrogen-bond donors (Lipinski definition) is 0. The Hall–Kier alpha value is -6.49. The molecule has 4 heteroatoms. The minimum absolute atomic E-state index is 0.208. The highest BCUT2D eigenvalue weighted by molar-refractivity contribution is 7.14. The Labute approximate surface area is 378 Å². The Morgan fingerprint density at radius 1 is 0.683 bits per heavy atom. The third-order valence-electron chi connectivity index (χ3n) is 11.0. The van der Waals surface area contributed by atoms with Gasteiger partial charge in [0.05, 0.1) is 0 Å². The van der Waals surface area contributed by atoms with E-state index in [0.29, 0.717) is 45.4 Å². The highest BCUT2D eigenvalue weighted by Gasteiger charge is 2.16. The van der Waals surface area contributed by atoms with Crippen molar-refractivity contribution < 1.29 is 13.2 Å². The third-order valence-corrected chi connectivity index (χ3v) is 12.2. The summed E-state index contributed by atoms with van der Waals surface area (Å²) >= 11 is 1.68. The normalized spacial score (nSPS) is 12.8. The van der Waals surface area contributed by atoms with Crippen LogP contribution in [0, 0.1) is 17.5 Å². The third kappa shape index (κ3) is 11.7. The number of hydrogen-bond acceptors (Lipinski definition) is 1. The molecular formula is C59H57F3S. The van der Waals surface area contributed by atoms with Crippen LogP contribution in [0.5, 0.6) is 0 Å². The second-order valence-electron chi connectivity index (χ2n) is 15.6. The van der Waals surface area contributed by atoms with E-state index < -0.39 is 17.5 Å². The molecule has 0 aliphatic rings. The van der Waals surface area contributed by atoms with Gasteiger partial charge in [0.25, 0.3) is 0 Å². The number of rotatable bonds is 18. The smallest absolute Gasteiger partial charge is 0.131 e. The maximum atomic E-state index is 16.1. The highest BCUT2D eigenvalue weighted by atomic mass is 32.1. The van der Waals surface area contributed by atoms with Crippen molar-refractivity contribution in [2.24, 2.45) is 0 Å². The molecule has 1 heterocycles. The van der Waals surface area contributed by atoms with E-state index in [0.717, 1.165) is 56.0 Å². The fourth-order valence-corrected chi connectivity index (χ4v) is 8.81. The van der Waals surface area contributed by atoms with Gasteiger partial charge in [0, 0.05) is 15.3 Å². The summed E-state index contributed by atoms with van der Waals surface area (Å²) in [6.07, 6.45) is 21.9. The summed E-state index contributed by atoms with van der Waals surface area (Å²) in [5.74, 6) is -1.57. The van der Waals surface area contributed by atoms with E-state index >= 15 is 13.2 Å². The summed E-state index contributed by atoms with van der Waals surface area (Å²) < 4.78 is 46.8. The van der Waals surface area contributed by atoms with E-state index in [4.69, 9.17) is 0 Å². The lowest BCUT2D eigenvalue weighted by Crippen LogP contribution is -1.94. The van der Waals surface area contributed by atoms with E-state index in [2.05, 4.69) is 96.2 Å². The van der Waals surface area contributed by atoms with Crippen LogP contribution in [0.3, 0.4) is 0 Å². The molecule has 0 nitrogen and oxygen atoms in total. The van der Waals surface area contributed by atoms with Gasteiger partial charge in [-0.2, -0.15) is 0 Å². The molecule has 0 aliphatic heterocycles. The van der Waals surface area contributed by atoms with Crippen LogP contribution >= 0.6 is 11.3 Å². The lowest BCUT2D eigenvalue weighted by molar-refractivity contribution is 0.623. The summed E-state index contributed by atoms with van der Waals surface area (Å²) in [6, 6.07) is 22.2. The van der Waals surface area contributed by atoms with Crippen molar-refractivity contribution in [2.75, 3.05) is 0 Å². The maximum Gasteiger partial charge on any atom is 0.131 e. The van der Waals surface area contributed by atoms with Gasteiger partial charge in [-0.05, 0) is 186 Å². The summed E-state index contributed by atoms with van der Waals surface area (Å²) in [5.41, 5.74) is 13.6. The average molecular weight is 855 g/mol. The van der Waals surface area contributed by atoms with Gasteiger partial charge in [-0.15, -0.1) is 11.3 Å². The van der Waals surface area contributed by atoms with Crippen molar-refractivity contribution in [3.63, 3.8) is 0 Å². The topological polar surface area (TPSA) is 0 Å². The van der Waals surface area contributed by atoms with Crippen molar-refractivity contribution in [1.29, 1.82) is 0 Å². The van der Waals surface area contributed by atoms with Crippen LogP contribution in [0.1, 0.15) is 91.1 Å². The van der Waals surface area contributed by atoms with Crippen molar-refractivity contribution in [3.8, 4) is 22.3 Å².